The zero-order chi connectivity index (χ0) is 19.9. The highest BCUT2D eigenvalue weighted by atomic mass is 32.2. The van der Waals surface area contributed by atoms with E-state index >= 15 is 0 Å². The molecule has 28 heavy (non-hydrogen) atoms. The highest BCUT2D eigenvalue weighted by Crippen LogP contribution is 2.19. The van der Waals surface area contributed by atoms with E-state index in [1.54, 1.807) is 30.3 Å². The summed E-state index contributed by atoms with van der Waals surface area (Å²) >= 11 is 1.59. The standard InChI is InChI=1S/C21H21N5OS/c1-2-28-26-17-9-7-14(8-10-17)20(22)18(13-27)21(23)25-19-11-15-5-3-4-6-16(15)12-24-19/h3-13,22,26H,2,23H2,1H3,(H,24,25)/b21-18+,22-20?. The van der Waals surface area contributed by atoms with E-state index in [2.05, 4.69) is 21.9 Å². The Morgan fingerprint density at radius 2 is 1.89 bits per heavy atom. The number of allylic oxidation sites excluding steroid dienone is 1. The summed E-state index contributed by atoms with van der Waals surface area (Å²) in [6.45, 7) is 2.06. The van der Waals surface area contributed by atoms with Gasteiger partial charge in [0, 0.05) is 28.6 Å². The fourth-order valence-electron chi connectivity index (χ4n) is 2.63. The third-order valence-corrected chi connectivity index (χ3v) is 4.75. The van der Waals surface area contributed by atoms with Crippen LogP contribution < -0.4 is 15.8 Å². The largest absolute Gasteiger partial charge is 0.385 e. The maximum absolute atomic E-state index is 11.6. The molecule has 1 aromatic heterocycles. The molecule has 0 aliphatic carbocycles. The van der Waals surface area contributed by atoms with Crippen molar-refractivity contribution in [1.82, 2.24) is 4.98 Å². The molecule has 0 saturated heterocycles. The lowest BCUT2D eigenvalue weighted by Crippen LogP contribution is -2.19. The van der Waals surface area contributed by atoms with E-state index in [1.165, 1.54) is 0 Å². The SMILES string of the molecule is CCSNc1ccc(C(=N)/C(C=O)=C(\N)Nc2cc3ccccc3cn2)cc1. The van der Waals surface area contributed by atoms with Crippen LogP contribution in [0.5, 0.6) is 0 Å². The van der Waals surface area contributed by atoms with Gasteiger partial charge in [0.1, 0.15) is 11.6 Å². The minimum Gasteiger partial charge on any atom is -0.385 e. The van der Waals surface area contributed by atoms with Gasteiger partial charge in [-0.3, -0.25) is 10.2 Å². The van der Waals surface area contributed by atoms with Gasteiger partial charge in [-0.15, -0.1) is 0 Å². The molecule has 0 saturated carbocycles. The van der Waals surface area contributed by atoms with Gasteiger partial charge >= 0.3 is 0 Å². The molecule has 142 valence electrons. The van der Waals surface area contributed by atoms with Crippen molar-refractivity contribution >= 4 is 46.2 Å². The molecule has 0 radical (unpaired) electrons. The van der Waals surface area contributed by atoms with Crippen molar-refractivity contribution in [3.05, 3.63) is 77.8 Å². The van der Waals surface area contributed by atoms with Gasteiger partial charge in [0.15, 0.2) is 6.29 Å². The number of aldehydes is 1. The number of carbonyl (C=O) groups excluding carboxylic acids is 1. The average molecular weight is 392 g/mol. The molecule has 7 heteroatoms. The van der Waals surface area contributed by atoms with Crippen LogP contribution in [0.3, 0.4) is 0 Å². The Morgan fingerprint density at radius 1 is 1.18 bits per heavy atom. The number of aromatic nitrogens is 1. The molecule has 0 unspecified atom stereocenters. The van der Waals surface area contributed by atoms with Gasteiger partial charge in [-0.2, -0.15) is 0 Å². The van der Waals surface area contributed by atoms with Crippen LogP contribution in [0.2, 0.25) is 0 Å². The number of nitrogens with zero attached hydrogens (tertiary/aromatic N) is 1. The number of benzene rings is 2. The van der Waals surface area contributed by atoms with Gasteiger partial charge < -0.3 is 15.8 Å². The van der Waals surface area contributed by atoms with Crippen molar-refractivity contribution in [1.29, 1.82) is 5.41 Å². The van der Waals surface area contributed by atoms with Crippen LogP contribution in [0.4, 0.5) is 11.5 Å². The maximum Gasteiger partial charge on any atom is 0.155 e. The van der Waals surface area contributed by atoms with Crippen LogP contribution in [0.15, 0.2) is 72.2 Å². The molecular weight excluding hydrogens is 370 g/mol. The van der Waals surface area contributed by atoms with Gasteiger partial charge in [0.2, 0.25) is 0 Å². The monoisotopic (exact) mass is 391 g/mol. The number of fused-ring (bicyclic) bond motifs is 1. The minimum absolute atomic E-state index is 0.0514. The van der Waals surface area contributed by atoms with Gasteiger partial charge in [0.25, 0.3) is 0 Å². The second-order valence-electron chi connectivity index (χ2n) is 5.97. The summed E-state index contributed by atoms with van der Waals surface area (Å²) in [5.74, 6) is 1.55. The van der Waals surface area contributed by atoms with Crippen molar-refractivity contribution in [3.63, 3.8) is 0 Å². The summed E-state index contributed by atoms with van der Waals surface area (Å²) in [5, 5.41) is 13.3. The molecule has 2 aromatic carbocycles. The minimum atomic E-state index is 0.0514. The number of anilines is 2. The van der Waals surface area contributed by atoms with E-state index < -0.39 is 0 Å². The molecule has 0 atom stereocenters. The lowest BCUT2D eigenvalue weighted by molar-refractivity contribution is -0.104. The number of hydrogen-bond donors (Lipinski definition) is 4. The number of nitrogens with two attached hydrogens (primary N) is 1. The second-order valence-corrected chi connectivity index (χ2v) is 7.04. The summed E-state index contributed by atoms with van der Waals surface area (Å²) in [6, 6.07) is 17.0. The molecule has 0 aliphatic heterocycles. The Balaban J connectivity index is 1.81. The third-order valence-electron chi connectivity index (χ3n) is 4.08. The first kappa shape index (κ1) is 19.4. The maximum atomic E-state index is 11.6. The fourth-order valence-corrected chi connectivity index (χ4v) is 3.08. The summed E-state index contributed by atoms with van der Waals surface area (Å²) in [6.07, 6.45) is 2.32. The first-order valence-corrected chi connectivity index (χ1v) is 9.75. The molecular formula is C21H21N5OS. The number of nitrogens with one attached hydrogen (secondary N) is 3. The van der Waals surface area contributed by atoms with Gasteiger partial charge in [-0.05, 0) is 23.6 Å². The molecule has 5 N–H and O–H groups in total. The smallest absolute Gasteiger partial charge is 0.155 e. The lowest BCUT2D eigenvalue weighted by Gasteiger charge is -2.12. The topological polar surface area (TPSA) is 104 Å². The van der Waals surface area contributed by atoms with Crippen LogP contribution >= 0.6 is 11.9 Å². The molecule has 1 heterocycles. The van der Waals surface area contributed by atoms with Crippen molar-refractivity contribution in [2.45, 2.75) is 6.92 Å². The number of hydrogen-bond acceptors (Lipinski definition) is 7. The Morgan fingerprint density at radius 3 is 2.57 bits per heavy atom. The highest BCUT2D eigenvalue weighted by molar-refractivity contribution is 8.00. The predicted molar refractivity (Wildman–Crippen MR) is 118 cm³/mol. The van der Waals surface area contributed by atoms with Gasteiger partial charge in [-0.1, -0.05) is 55.3 Å². The van der Waals surface area contributed by atoms with Gasteiger partial charge in [-0.25, -0.2) is 4.98 Å². The van der Waals surface area contributed by atoms with Crippen molar-refractivity contribution in [2.75, 3.05) is 15.8 Å². The fraction of sp³-hybridized carbons (Fsp3) is 0.0952. The Labute approximate surface area is 167 Å². The highest BCUT2D eigenvalue weighted by Gasteiger charge is 2.13. The number of pyridine rings is 1. The van der Waals surface area contributed by atoms with Gasteiger partial charge in [0.05, 0.1) is 11.3 Å². The zero-order valence-corrected chi connectivity index (χ0v) is 16.2. The second kappa shape index (κ2) is 9.05. The molecule has 0 spiro atoms. The molecule has 6 nitrogen and oxygen atoms in total. The molecule has 3 aromatic rings. The van der Waals surface area contributed by atoms with E-state index in [1.807, 2.05) is 42.5 Å². The first-order chi connectivity index (χ1) is 13.6. The zero-order valence-electron chi connectivity index (χ0n) is 15.4. The van der Waals surface area contributed by atoms with Crippen LogP contribution in [0.1, 0.15) is 12.5 Å². The summed E-state index contributed by atoms with van der Waals surface area (Å²) in [5.41, 5.74) is 7.75. The van der Waals surface area contributed by atoms with E-state index in [0.717, 1.165) is 22.2 Å². The van der Waals surface area contributed by atoms with Crippen LogP contribution in [0, 0.1) is 5.41 Å². The molecule has 0 amide bonds. The van der Waals surface area contributed by atoms with E-state index in [4.69, 9.17) is 11.1 Å². The molecule has 0 fully saturated rings. The van der Waals surface area contributed by atoms with E-state index in [0.29, 0.717) is 17.7 Å². The summed E-state index contributed by atoms with van der Waals surface area (Å²) in [4.78, 5) is 15.9. The Bertz CT molecular complexity index is 1030. The van der Waals surface area contributed by atoms with Crippen molar-refractivity contribution < 1.29 is 4.79 Å². The van der Waals surface area contributed by atoms with Crippen LogP contribution in [-0.2, 0) is 4.79 Å². The van der Waals surface area contributed by atoms with Crippen LogP contribution in [-0.4, -0.2) is 22.7 Å². The predicted octanol–water partition coefficient (Wildman–Crippen LogP) is 4.16. The van der Waals surface area contributed by atoms with Crippen molar-refractivity contribution in [2.24, 2.45) is 5.73 Å². The van der Waals surface area contributed by atoms with Crippen molar-refractivity contribution in [3.8, 4) is 0 Å². The van der Waals surface area contributed by atoms with E-state index in [9.17, 15) is 4.79 Å². The normalized spacial score (nSPS) is 11.6. The lowest BCUT2D eigenvalue weighted by atomic mass is 10.0. The molecule has 0 aliphatic rings. The summed E-state index contributed by atoms with van der Waals surface area (Å²) < 4.78 is 3.19. The van der Waals surface area contributed by atoms with Crippen LogP contribution in [0.25, 0.3) is 10.8 Å². The number of rotatable bonds is 8. The quantitative estimate of drug-likeness (QED) is 0.199. The Hall–Kier alpha value is -3.32. The number of carbonyl (C=O) groups is 1. The summed E-state index contributed by atoms with van der Waals surface area (Å²) in [7, 11) is 0. The Kier molecular flexibility index (Phi) is 6.29. The average Bonchev–Trinajstić information content (AvgIpc) is 2.73. The first-order valence-electron chi connectivity index (χ1n) is 8.76. The van der Waals surface area contributed by atoms with E-state index in [-0.39, 0.29) is 17.1 Å². The molecule has 3 rings (SSSR count). The molecule has 0 bridgehead atoms. The third kappa shape index (κ3) is 4.50.